The van der Waals surface area contributed by atoms with Crippen LogP contribution in [0.3, 0.4) is 0 Å². The van der Waals surface area contributed by atoms with Crippen LogP contribution >= 0.6 is 11.6 Å². The van der Waals surface area contributed by atoms with E-state index in [1.165, 1.54) is 13.2 Å². The lowest BCUT2D eigenvalue weighted by molar-refractivity contribution is -0.135. The Bertz CT molecular complexity index is 695. The summed E-state index contributed by atoms with van der Waals surface area (Å²) < 4.78 is 15.7. The maximum Gasteiger partial charge on any atom is 0.349 e. The zero-order valence-corrected chi connectivity index (χ0v) is 13.7. The minimum absolute atomic E-state index is 0.00694. The van der Waals surface area contributed by atoms with E-state index >= 15 is 0 Å². The van der Waals surface area contributed by atoms with Crippen molar-refractivity contribution >= 4 is 23.6 Å². The summed E-state index contributed by atoms with van der Waals surface area (Å²) in [4.78, 5) is 11.3. The number of hydrogen-bond donors (Lipinski definition) is 0. The number of carbonyl (C=O) groups excluding carboxylic acids is 1. The normalized spacial score (nSPS) is 11.0. The van der Waals surface area contributed by atoms with Crippen LogP contribution in [0.1, 0.15) is 11.1 Å². The molecule has 0 unspecified atom stereocenters. The first kappa shape index (κ1) is 16.9. The largest absolute Gasteiger partial charge is 0.493 e. The fourth-order valence-electron chi connectivity index (χ4n) is 1.93. The molecule has 0 saturated carbocycles. The number of rotatable bonds is 6. The van der Waals surface area contributed by atoms with Gasteiger partial charge in [0.25, 0.3) is 0 Å². The number of benzene rings is 2. The molecular formula is C18H17ClO4. The van der Waals surface area contributed by atoms with Gasteiger partial charge in [0.2, 0.25) is 0 Å². The van der Waals surface area contributed by atoms with E-state index in [2.05, 4.69) is 4.74 Å². The molecule has 2 rings (SSSR count). The molecule has 4 nitrogen and oxygen atoms in total. The van der Waals surface area contributed by atoms with Gasteiger partial charge in [0, 0.05) is 0 Å². The van der Waals surface area contributed by atoms with E-state index in [0.29, 0.717) is 23.7 Å². The predicted octanol–water partition coefficient (Wildman–Crippen LogP) is 4.03. The average Bonchev–Trinajstić information content (AvgIpc) is 2.60. The third kappa shape index (κ3) is 4.76. The molecule has 0 amide bonds. The van der Waals surface area contributed by atoms with Crippen LogP contribution in [0.2, 0.25) is 0 Å². The van der Waals surface area contributed by atoms with Gasteiger partial charge in [0.05, 0.1) is 14.2 Å². The highest BCUT2D eigenvalue weighted by atomic mass is 35.5. The lowest BCUT2D eigenvalue weighted by Gasteiger charge is -2.11. The third-order valence-corrected chi connectivity index (χ3v) is 3.36. The molecule has 23 heavy (non-hydrogen) atoms. The van der Waals surface area contributed by atoms with Crippen molar-refractivity contribution in [3.05, 3.63) is 64.7 Å². The van der Waals surface area contributed by atoms with Crippen molar-refractivity contribution in [2.75, 3.05) is 14.2 Å². The van der Waals surface area contributed by atoms with E-state index < -0.39 is 5.97 Å². The predicted molar refractivity (Wildman–Crippen MR) is 89.6 cm³/mol. The number of methoxy groups -OCH3 is 2. The smallest absolute Gasteiger partial charge is 0.349 e. The van der Waals surface area contributed by atoms with Crippen molar-refractivity contribution < 1.29 is 19.0 Å². The quantitative estimate of drug-likeness (QED) is 0.592. The molecule has 0 aromatic heterocycles. The van der Waals surface area contributed by atoms with Crippen LogP contribution in [0, 0.1) is 0 Å². The fourth-order valence-corrected chi connectivity index (χ4v) is 2.13. The summed E-state index contributed by atoms with van der Waals surface area (Å²) in [5, 5.41) is -0.00694. The Hall–Kier alpha value is -2.46. The maximum absolute atomic E-state index is 11.3. The van der Waals surface area contributed by atoms with Crippen LogP contribution in [0.15, 0.2) is 53.6 Å². The molecule has 0 atom stereocenters. The van der Waals surface area contributed by atoms with Crippen LogP contribution in [0.25, 0.3) is 6.08 Å². The standard InChI is InChI=1S/C18H17ClO4/c1-21-17-11-14(10-15(19)18(20)22-2)8-9-16(17)23-12-13-6-4-3-5-7-13/h3-11H,12H2,1-2H3. The van der Waals surface area contributed by atoms with E-state index in [1.807, 2.05) is 30.3 Å². The number of carbonyl (C=O) groups is 1. The summed E-state index contributed by atoms with van der Waals surface area (Å²) in [5.41, 5.74) is 1.77. The van der Waals surface area contributed by atoms with Gasteiger partial charge in [-0.15, -0.1) is 0 Å². The molecule has 0 aliphatic carbocycles. The zero-order chi connectivity index (χ0) is 16.7. The van der Waals surface area contributed by atoms with Gasteiger partial charge in [0.15, 0.2) is 11.5 Å². The molecule has 0 N–H and O–H groups in total. The minimum Gasteiger partial charge on any atom is -0.493 e. The highest BCUT2D eigenvalue weighted by Gasteiger charge is 2.09. The molecule has 0 fully saturated rings. The molecule has 0 heterocycles. The van der Waals surface area contributed by atoms with Crippen LogP contribution in [0.5, 0.6) is 11.5 Å². The second-order valence-electron chi connectivity index (χ2n) is 4.67. The minimum atomic E-state index is -0.588. The summed E-state index contributed by atoms with van der Waals surface area (Å²) in [6, 6.07) is 15.1. The molecule has 0 spiro atoms. The molecule has 2 aromatic rings. The van der Waals surface area contributed by atoms with Crippen molar-refractivity contribution in [1.29, 1.82) is 0 Å². The summed E-state index contributed by atoms with van der Waals surface area (Å²) in [6.45, 7) is 0.440. The number of hydrogen-bond acceptors (Lipinski definition) is 4. The van der Waals surface area contributed by atoms with Crippen LogP contribution < -0.4 is 9.47 Å². The Morgan fingerprint density at radius 1 is 1.09 bits per heavy atom. The first-order valence-electron chi connectivity index (χ1n) is 6.94. The van der Waals surface area contributed by atoms with Crippen LogP contribution in [-0.2, 0) is 16.1 Å². The Kier molecular flexibility index (Phi) is 6.06. The summed E-state index contributed by atoms with van der Waals surface area (Å²) in [7, 11) is 2.83. The summed E-state index contributed by atoms with van der Waals surface area (Å²) in [6.07, 6.45) is 1.51. The molecule has 2 aromatic carbocycles. The van der Waals surface area contributed by atoms with Crippen molar-refractivity contribution in [3.63, 3.8) is 0 Å². The second-order valence-corrected chi connectivity index (χ2v) is 5.08. The van der Waals surface area contributed by atoms with E-state index in [-0.39, 0.29) is 5.03 Å². The van der Waals surface area contributed by atoms with Crippen LogP contribution in [-0.4, -0.2) is 20.2 Å². The highest BCUT2D eigenvalue weighted by Crippen LogP contribution is 2.30. The average molecular weight is 333 g/mol. The van der Waals surface area contributed by atoms with E-state index in [0.717, 1.165) is 5.56 Å². The first-order chi connectivity index (χ1) is 11.1. The molecule has 120 valence electrons. The van der Waals surface area contributed by atoms with E-state index in [9.17, 15) is 4.79 Å². The summed E-state index contributed by atoms with van der Waals surface area (Å²) in [5.74, 6) is 0.585. The van der Waals surface area contributed by atoms with Gasteiger partial charge in [-0.05, 0) is 29.3 Å². The number of ether oxygens (including phenoxy) is 3. The molecule has 0 bridgehead atoms. The number of esters is 1. The van der Waals surface area contributed by atoms with Gasteiger partial charge >= 0.3 is 5.97 Å². The monoisotopic (exact) mass is 332 g/mol. The van der Waals surface area contributed by atoms with E-state index in [1.54, 1.807) is 25.3 Å². The molecule has 0 saturated heterocycles. The fraction of sp³-hybridized carbons (Fsp3) is 0.167. The summed E-state index contributed by atoms with van der Waals surface area (Å²) >= 11 is 5.86. The van der Waals surface area contributed by atoms with Gasteiger partial charge < -0.3 is 14.2 Å². The Labute approximate surface area is 140 Å². The lowest BCUT2D eigenvalue weighted by atomic mass is 10.2. The molecular weight excluding hydrogens is 316 g/mol. The van der Waals surface area contributed by atoms with Crippen molar-refractivity contribution in [1.82, 2.24) is 0 Å². The zero-order valence-electron chi connectivity index (χ0n) is 12.9. The van der Waals surface area contributed by atoms with E-state index in [4.69, 9.17) is 21.1 Å². The highest BCUT2D eigenvalue weighted by molar-refractivity contribution is 6.43. The molecule has 0 radical (unpaired) electrons. The van der Waals surface area contributed by atoms with Crippen molar-refractivity contribution in [3.8, 4) is 11.5 Å². The van der Waals surface area contributed by atoms with Crippen molar-refractivity contribution in [2.45, 2.75) is 6.61 Å². The van der Waals surface area contributed by atoms with Crippen molar-refractivity contribution in [2.24, 2.45) is 0 Å². The molecule has 5 heteroatoms. The van der Waals surface area contributed by atoms with Gasteiger partial charge in [-0.3, -0.25) is 0 Å². The second kappa shape index (κ2) is 8.25. The maximum atomic E-state index is 11.3. The van der Waals surface area contributed by atoms with Gasteiger partial charge in [-0.25, -0.2) is 4.79 Å². The SMILES string of the molecule is COC(=O)C(Cl)=Cc1ccc(OCc2ccccc2)c(OC)c1. The Balaban J connectivity index is 2.15. The van der Waals surface area contributed by atoms with Gasteiger partial charge in [-0.2, -0.15) is 0 Å². The lowest BCUT2D eigenvalue weighted by Crippen LogP contribution is -2.00. The molecule has 0 aliphatic rings. The Morgan fingerprint density at radius 2 is 1.83 bits per heavy atom. The molecule has 0 aliphatic heterocycles. The topological polar surface area (TPSA) is 44.8 Å². The van der Waals surface area contributed by atoms with Gasteiger partial charge in [0.1, 0.15) is 11.6 Å². The van der Waals surface area contributed by atoms with Crippen LogP contribution in [0.4, 0.5) is 0 Å². The Morgan fingerprint density at radius 3 is 2.48 bits per heavy atom. The number of halogens is 1. The third-order valence-electron chi connectivity index (χ3n) is 3.10. The van der Waals surface area contributed by atoms with Gasteiger partial charge in [-0.1, -0.05) is 48.0 Å². The first-order valence-corrected chi connectivity index (χ1v) is 7.32.